The molecule has 6 amide bonds. The minimum atomic E-state index is -1.19. The predicted molar refractivity (Wildman–Crippen MR) is 196 cm³/mol. The monoisotopic (exact) mass is 718 g/mol. The first-order chi connectivity index (χ1) is 24.5. The van der Waals surface area contributed by atoms with Crippen LogP contribution in [0.4, 0.5) is 9.59 Å². The van der Waals surface area contributed by atoms with Crippen LogP contribution in [0.25, 0.3) is 0 Å². The lowest BCUT2D eigenvalue weighted by molar-refractivity contribution is -0.144. The summed E-state index contributed by atoms with van der Waals surface area (Å²) in [5, 5.41) is 13.7. The lowest BCUT2D eigenvalue weighted by atomic mass is 9.87. The van der Waals surface area contributed by atoms with E-state index in [1.165, 1.54) is 11.0 Å². The molecule has 0 bridgehead atoms. The molecule has 2 fully saturated rings. The molecule has 13 heteroatoms. The molecule has 2 aliphatic carbocycles. The van der Waals surface area contributed by atoms with E-state index in [2.05, 4.69) is 39.1 Å². The quantitative estimate of drug-likeness (QED) is 0.105. The summed E-state index contributed by atoms with van der Waals surface area (Å²) in [5.41, 5.74) is 1.42. The highest BCUT2D eigenvalue weighted by atomic mass is 16.5. The van der Waals surface area contributed by atoms with Crippen LogP contribution in [0.3, 0.4) is 0 Å². The molecule has 3 aliphatic rings. The van der Waals surface area contributed by atoms with Crippen LogP contribution < -0.4 is 26.6 Å². The fraction of sp³-hybridized carbons (Fsp3) is 0.590. The van der Waals surface area contributed by atoms with E-state index in [0.717, 1.165) is 11.1 Å². The Bertz CT molecular complexity index is 1570. The SMILES string of the molecule is C#CCCC(NC(=O)[C@@H]1C2C(CN1C(=O)[C@@H](NC(=O)N[C@H](COC(=O)NCC)C(C)(C)C)C1Cc3ccccc3C1)C2(C)C)C(=O)C(=O)NCC=C. The summed E-state index contributed by atoms with van der Waals surface area (Å²) in [6.45, 7) is 15.8. The van der Waals surface area contributed by atoms with Gasteiger partial charge < -0.3 is 36.2 Å². The fourth-order valence-corrected chi connectivity index (χ4v) is 7.57. The first-order valence-electron chi connectivity index (χ1n) is 18.1. The van der Waals surface area contributed by atoms with E-state index in [1.54, 1.807) is 6.92 Å². The van der Waals surface area contributed by atoms with Crippen LogP contribution in [0.2, 0.25) is 0 Å². The third kappa shape index (κ3) is 9.13. The van der Waals surface area contributed by atoms with Gasteiger partial charge in [-0.25, -0.2) is 9.59 Å². The zero-order chi connectivity index (χ0) is 38.4. The maximum Gasteiger partial charge on any atom is 0.407 e. The molecule has 6 atom stereocenters. The topological polar surface area (TPSA) is 175 Å². The fourth-order valence-electron chi connectivity index (χ4n) is 7.57. The van der Waals surface area contributed by atoms with Gasteiger partial charge in [0.2, 0.25) is 17.6 Å². The molecule has 13 nitrogen and oxygen atoms in total. The maximum atomic E-state index is 14.8. The van der Waals surface area contributed by atoms with Gasteiger partial charge in [0.05, 0.1) is 12.1 Å². The van der Waals surface area contributed by atoms with Gasteiger partial charge in [0, 0.05) is 26.1 Å². The largest absolute Gasteiger partial charge is 0.447 e. The van der Waals surface area contributed by atoms with Crippen LogP contribution in [0.5, 0.6) is 0 Å². The van der Waals surface area contributed by atoms with Crippen LogP contribution >= 0.6 is 0 Å². The lowest BCUT2D eigenvalue weighted by Crippen LogP contribution is -2.61. The van der Waals surface area contributed by atoms with Crippen molar-refractivity contribution in [1.29, 1.82) is 0 Å². The van der Waals surface area contributed by atoms with Crippen molar-refractivity contribution in [2.24, 2.45) is 28.6 Å². The zero-order valence-corrected chi connectivity index (χ0v) is 31.2. The van der Waals surface area contributed by atoms with Gasteiger partial charge in [-0.3, -0.25) is 19.2 Å². The van der Waals surface area contributed by atoms with E-state index in [1.807, 2.05) is 58.9 Å². The Morgan fingerprint density at radius 1 is 1.06 bits per heavy atom. The van der Waals surface area contributed by atoms with Gasteiger partial charge in [0.15, 0.2) is 0 Å². The number of rotatable bonds is 15. The Kier molecular flexibility index (Phi) is 12.8. The molecule has 0 spiro atoms. The molecular formula is C39H54N6O7. The van der Waals surface area contributed by atoms with Gasteiger partial charge in [0.25, 0.3) is 5.91 Å². The second-order valence-electron chi connectivity index (χ2n) is 15.6. The zero-order valence-electron chi connectivity index (χ0n) is 31.2. The second kappa shape index (κ2) is 16.7. The summed E-state index contributed by atoms with van der Waals surface area (Å²) >= 11 is 0. The van der Waals surface area contributed by atoms with E-state index in [4.69, 9.17) is 11.2 Å². The van der Waals surface area contributed by atoms with E-state index in [9.17, 15) is 28.8 Å². The molecule has 1 aliphatic heterocycles. The summed E-state index contributed by atoms with van der Waals surface area (Å²) in [4.78, 5) is 82.0. The molecule has 5 N–H and O–H groups in total. The number of nitrogens with one attached hydrogen (secondary N) is 5. The summed E-state index contributed by atoms with van der Waals surface area (Å²) < 4.78 is 5.35. The molecular weight excluding hydrogens is 664 g/mol. The number of nitrogens with zero attached hydrogens (tertiary/aromatic N) is 1. The smallest absolute Gasteiger partial charge is 0.407 e. The van der Waals surface area contributed by atoms with E-state index >= 15 is 0 Å². The van der Waals surface area contributed by atoms with Gasteiger partial charge in [-0.15, -0.1) is 18.9 Å². The Morgan fingerprint density at radius 2 is 1.71 bits per heavy atom. The number of carbonyl (C=O) groups excluding carboxylic acids is 6. The number of benzene rings is 1. The van der Waals surface area contributed by atoms with Crippen molar-refractivity contribution in [3.63, 3.8) is 0 Å². The average molecular weight is 719 g/mol. The van der Waals surface area contributed by atoms with Crippen molar-refractivity contribution in [3.8, 4) is 12.3 Å². The first kappa shape index (κ1) is 39.9. The summed E-state index contributed by atoms with van der Waals surface area (Å²) in [6.07, 6.45) is 7.58. The third-order valence-electron chi connectivity index (χ3n) is 10.8. The van der Waals surface area contributed by atoms with Crippen LogP contribution in [0.1, 0.15) is 65.5 Å². The molecule has 0 aromatic heterocycles. The summed E-state index contributed by atoms with van der Waals surface area (Å²) in [7, 11) is 0. The molecule has 0 radical (unpaired) electrons. The number of terminal acetylenes is 1. The lowest BCUT2D eigenvalue weighted by Gasteiger charge is -2.36. The number of urea groups is 1. The van der Waals surface area contributed by atoms with Crippen molar-refractivity contribution in [2.45, 2.75) is 91.4 Å². The first-order valence-corrected chi connectivity index (χ1v) is 18.1. The number of likely N-dealkylation sites (tertiary alicyclic amines) is 1. The van der Waals surface area contributed by atoms with Crippen LogP contribution in [0.15, 0.2) is 36.9 Å². The van der Waals surface area contributed by atoms with Crippen LogP contribution in [0, 0.1) is 40.9 Å². The van der Waals surface area contributed by atoms with Gasteiger partial charge >= 0.3 is 12.1 Å². The van der Waals surface area contributed by atoms with Gasteiger partial charge in [-0.1, -0.05) is 65.0 Å². The van der Waals surface area contributed by atoms with Crippen LogP contribution in [-0.4, -0.2) is 90.9 Å². The number of piperidine rings is 1. The number of Topliss-reactive ketones (excluding diaryl/α,β-unsaturated/α-hetero) is 1. The highest BCUT2D eigenvalue weighted by Gasteiger charge is 2.69. The number of hydrogen-bond donors (Lipinski definition) is 5. The van der Waals surface area contributed by atoms with Crippen molar-refractivity contribution < 1.29 is 33.5 Å². The van der Waals surface area contributed by atoms with Crippen molar-refractivity contribution in [3.05, 3.63) is 48.0 Å². The molecule has 4 rings (SSSR count). The number of hydrogen-bond acceptors (Lipinski definition) is 7. The van der Waals surface area contributed by atoms with Crippen LogP contribution in [-0.2, 0) is 36.8 Å². The van der Waals surface area contributed by atoms with Gasteiger partial charge in [-0.05, 0) is 65.9 Å². The molecule has 1 saturated heterocycles. The number of fused-ring (bicyclic) bond motifs is 2. The number of ether oxygens (including phenoxy) is 1. The number of carbonyl (C=O) groups is 6. The molecule has 1 aromatic carbocycles. The highest BCUT2D eigenvalue weighted by Crippen LogP contribution is 2.65. The Hall–Kier alpha value is -4.86. The summed E-state index contributed by atoms with van der Waals surface area (Å²) in [5.74, 6) is -0.673. The molecule has 1 aromatic rings. The second-order valence-corrected chi connectivity index (χ2v) is 15.6. The number of amides is 6. The normalized spacial score (nSPS) is 21.6. The number of alkyl carbamates (subject to hydrolysis) is 1. The van der Waals surface area contributed by atoms with E-state index in [0.29, 0.717) is 25.9 Å². The van der Waals surface area contributed by atoms with E-state index < -0.39 is 65.2 Å². The highest BCUT2D eigenvalue weighted by molar-refractivity contribution is 6.38. The van der Waals surface area contributed by atoms with Gasteiger partial charge in [-0.2, -0.15) is 0 Å². The summed E-state index contributed by atoms with van der Waals surface area (Å²) in [6, 6.07) is 3.56. The Morgan fingerprint density at radius 3 is 2.29 bits per heavy atom. The average Bonchev–Trinajstić information content (AvgIpc) is 3.44. The molecule has 1 saturated carbocycles. The molecule has 282 valence electrons. The third-order valence-corrected chi connectivity index (χ3v) is 10.8. The van der Waals surface area contributed by atoms with Gasteiger partial charge in [0.1, 0.15) is 18.7 Å². The Balaban J connectivity index is 1.60. The minimum Gasteiger partial charge on any atom is -0.447 e. The molecule has 1 heterocycles. The number of ketones is 1. The van der Waals surface area contributed by atoms with Crippen molar-refractivity contribution in [2.75, 3.05) is 26.2 Å². The van der Waals surface area contributed by atoms with Crippen molar-refractivity contribution in [1.82, 2.24) is 31.5 Å². The van der Waals surface area contributed by atoms with Crippen molar-refractivity contribution >= 4 is 35.6 Å². The maximum absolute atomic E-state index is 14.8. The molecule has 3 unspecified atom stereocenters. The molecule has 52 heavy (non-hydrogen) atoms. The predicted octanol–water partition coefficient (Wildman–Crippen LogP) is 2.48. The van der Waals surface area contributed by atoms with E-state index in [-0.39, 0.29) is 49.2 Å². The standard InChI is InChI=1S/C39H54N6O7/c1-9-12-17-27(32(46)34(48)41-18-10-2)42-33(47)31-29-26(39(29,7)8)21-45(31)35(49)30(25-19-23-15-13-14-16-24(23)20-25)44-36(50)43-28(38(4,5)6)22-52-37(51)40-11-3/h1,10,13-16,25-31H,2,11-12,17-22H2,3-8H3,(H,40,51)(H,41,48)(H,42,47)(H2,43,44,50)/t26?,27?,28-,29?,30+,31+/m1/s1. The minimum absolute atomic E-state index is 0.0230. The Labute approximate surface area is 306 Å².